The van der Waals surface area contributed by atoms with Gasteiger partial charge in [-0.15, -0.1) is 0 Å². The monoisotopic (exact) mass is 340 g/mol. The van der Waals surface area contributed by atoms with Crippen LogP contribution in [0.2, 0.25) is 0 Å². The number of unbranched alkanes of at least 4 members (excludes halogenated alkanes) is 6. The minimum Gasteiger partial charge on any atom is -0.376 e. The molecule has 3 aliphatic rings. The molecule has 2 atom stereocenters. The average Bonchev–Trinajstić information content (AvgIpc) is 3.51. The van der Waals surface area contributed by atoms with E-state index in [-0.39, 0.29) is 0 Å². The van der Waals surface area contributed by atoms with Gasteiger partial charge in [0.2, 0.25) is 0 Å². The van der Waals surface area contributed by atoms with Gasteiger partial charge in [0.1, 0.15) is 12.2 Å². The molecule has 2 heterocycles. The lowest BCUT2D eigenvalue weighted by molar-refractivity contribution is 0.102. The van der Waals surface area contributed by atoms with Gasteiger partial charge < -0.3 is 14.2 Å². The van der Waals surface area contributed by atoms with Crippen molar-refractivity contribution in [3.63, 3.8) is 0 Å². The van der Waals surface area contributed by atoms with Crippen LogP contribution in [0.25, 0.3) is 0 Å². The van der Waals surface area contributed by atoms with Gasteiger partial charge in [-0.2, -0.15) is 0 Å². The molecule has 0 N–H and O–H groups in total. The van der Waals surface area contributed by atoms with Crippen molar-refractivity contribution in [2.24, 2.45) is 5.92 Å². The highest BCUT2D eigenvalue weighted by Crippen LogP contribution is 2.28. The third-order valence-corrected chi connectivity index (χ3v) is 5.35. The lowest BCUT2D eigenvalue weighted by Crippen LogP contribution is -2.06. The fourth-order valence-corrected chi connectivity index (χ4v) is 3.53. The molecule has 0 spiro atoms. The highest BCUT2D eigenvalue weighted by Gasteiger charge is 2.26. The summed E-state index contributed by atoms with van der Waals surface area (Å²) in [6.07, 6.45) is 20.2. The second-order valence-electron chi connectivity index (χ2n) is 7.86. The molecule has 1 saturated carbocycles. The van der Waals surface area contributed by atoms with Crippen LogP contribution >= 0.6 is 0 Å². The van der Waals surface area contributed by atoms with Crippen LogP contribution in [-0.2, 0) is 14.2 Å². The van der Waals surface area contributed by atoms with E-state index in [0.29, 0.717) is 12.2 Å². The van der Waals surface area contributed by atoms with Crippen LogP contribution in [0.4, 0.5) is 0 Å². The second-order valence-corrected chi connectivity index (χ2v) is 7.86. The molecule has 0 aromatic carbocycles. The Morgan fingerprint density at radius 2 is 1.29 bits per heavy atom. The Morgan fingerprint density at radius 3 is 1.83 bits per heavy atom. The van der Waals surface area contributed by atoms with Crippen LogP contribution in [0.15, 0.2) is 0 Å². The van der Waals surface area contributed by atoms with Crippen molar-refractivity contribution in [1.29, 1.82) is 0 Å². The van der Waals surface area contributed by atoms with Crippen LogP contribution in [0.5, 0.6) is 0 Å². The molecule has 3 nitrogen and oxygen atoms in total. The average molecular weight is 341 g/mol. The molecular weight excluding hydrogens is 300 g/mol. The van der Waals surface area contributed by atoms with Crippen LogP contribution in [0.1, 0.15) is 90.4 Å². The first-order valence-electron chi connectivity index (χ1n) is 10.7. The highest BCUT2D eigenvalue weighted by atomic mass is 16.6. The normalized spacial score (nSPS) is 25.9. The predicted molar refractivity (Wildman–Crippen MR) is 99.5 cm³/mol. The summed E-state index contributed by atoms with van der Waals surface area (Å²) in [5.41, 5.74) is 0. The summed E-state index contributed by atoms with van der Waals surface area (Å²) in [4.78, 5) is 0. The SMILES string of the molecule is C(OCC1CO1)C1CO1.CCCCCCCCCC1CCCCC1. The fourth-order valence-electron chi connectivity index (χ4n) is 3.53. The zero-order valence-corrected chi connectivity index (χ0v) is 16.0. The van der Waals surface area contributed by atoms with Gasteiger partial charge in [-0.25, -0.2) is 0 Å². The van der Waals surface area contributed by atoms with Crippen molar-refractivity contribution in [3.05, 3.63) is 0 Å². The zero-order chi connectivity index (χ0) is 16.9. The summed E-state index contributed by atoms with van der Waals surface area (Å²) >= 11 is 0. The largest absolute Gasteiger partial charge is 0.376 e. The van der Waals surface area contributed by atoms with Crippen LogP contribution < -0.4 is 0 Å². The van der Waals surface area contributed by atoms with Crippen LogP contribution in [0.3, 0.4) is 0 Å². The van der Waals surface area contributed by atoms with E-state index in [1.54, 1.807) is 0 Å². The molecular formula is C21H40O3. The molecule has 142 valence electrons. The molecule has 3 rings (SSSR count). The Morgan fingerprint density at radius 1 is 0.750 bits per heavy atom. The standard InChI is InChI=1S/C15H30.C6H10O3/c1-2-3-4-5-6-7-9-12-15-13-10-8-11-14-15;1(5-3-8-5)7-2-6-4-9-6/h15H,2-14H2,1H3;5-6H,1-4H2. The number of ether oxygens (including phenoxy) is 3. The molecule has 2 saturated heterocycles. The van der Waals surface area contributed by atoms with Gasteiger partial charge in [-0.1, -0.05) is 90.4 Å². The molecule has 1 aliphatic carbocycles. The summed E-state index contributed by atoms with van der Waals surface area (Å²) in [6, 6.07) is 0. The second kappa shape index (κ2) is 13.1. The first-order valence-corrected chi connectivity index (χ1v) is 10.7. The third kappa shape index (κ3) is 11.4. The third-order valence-electron chi connectivity index (χ3n) is 5.35. The van der Waals surface area contributed by atoms with E-state index in [9.17, 15) is 0 Å². The van der Waals surface area contributed by atoms with E-state index in [4.69, 9.17) is 14.2 Å². The van der Waals surface area contributed by atoms with Crippen molar-refractivity contribution < 1.29 is 14.2 Å². The lowest BCUT2D eigenvalue weighted by Gasteiger charge is -2.21. The van der Waals surface area contributed by atoms with Crippen molar-refractivity contribution in [2.75, 3.05) is 26.4 Å². The van der Waals surface area contributed by atoms with Gasteiger partial charge >= 0.3 is 0 Å². The molecule has 0 aromatic rings. The fraction of sp³-hybridized carbons (Fsp3) is 1.00. The summed E-state index contributed by atoms with van der Waals surface area (Å²) in [5, 5.41) is 0. The molecule has 3 heteroatoms. The van der Waals surface area contributed by atoms with Gasteiger partial charge in [0, 0.05) is 0 Å². The van der Waals surface area contributed by atoms with Gasteiger partial charge in [0.25, 0.3) is 0 Å². The quantitative estimate of drug-likeness (QED) is 0.347. The van der Waals surface area contributed by atoms with E-state index in [1.165, 1.54) is 83.5 Å². The Bertz CT molecular complexity index is 269. The van der Waals surface area contributed by atoms with Gasteiger partial charge in [-0.3, -0.25) is 0 Å². The topological polar surface area (TPSA) is 34.3 Å². The van der Waals surface area contributed by atoms with E-state index in [2.05, 4.69) is 6.92 Å². The molecule has 2 unspecified atom stereocenters. The lowest BCUT2D eigenvalue weighted by atomic mass is 9.85. The highest BCUT2D eigenvalue weighted by molar-refractivity contribution is 4.71. The van der Waals surface area contributed by atoms with Gasteiger partial charge in [-0.05, 0) is 5.92 Å². The number of epoxide rings is 2. The first-order chi connectivity index (χ1) is 11.9. The van der Waals surface area contributed by atoms with E-state index < -0.39 is 0 Å². The number of rotatable bonds is 12. The first kappa shape index (κ1) is 20.2. The Labute approximate surface area is 149 Å². The number of hydrogen-bond donors (Lipinski definition) is 0. The summed E-state index contributed by atoms with van der Waals surface area (Å²) in [6.45, 7) is 5.56. The molecule has 3 fully saturated rings. The molecule has 0 bridgehead atoms. The van der Waals surface area contributed by atoms with Gasteiger partial charge in [0.15, 0.2) is 0 Å². The molecule has 0 aromatic heterocycles. The van der Waals surface area contributed by atoms with Crippen molar-refractivity contribution in [3.8, 4) is 0 Å². The molecule has 2 aliphatic heterocycles. The van der Waals surface area contributed by atoms with Gasteiger partial charge in [0.05, 0.1) is 26.4 Å². The Kier molecular flexibility index (Phi) is 11.1. The smallest absolute Gasteiger partial charge is 0.104 e. The predicted octanol–water partition coefficient (Wildman–Crippen LogP) is 5.51. The Balaban J connectivity index is 0.000000194. The Hall–Kier alpha value is -0.120. The van der Waals surface area contributed by atoms with Crippen molar-refractivity contribution in [2.45, 2.75) is 103 Å². The molecule has 0 amide bonds. The minimum absolute atomic E-state index is 0.392. The van der Waals surface area contributed by atoms with Crippen LogP contribution in [0, 0.1) is 5.92 Å². The molecule has 0 radical (unpaired) electrons. The number of hydrogen-bond acceptors (Lipinski definition) is 3. The van der Waals surface area contributed by atoms with Crippen LogP contribution in [-0.4, -0.2) is 38.6 Å². The van der Waals surface area contributed by atoms with E-state index in [1.807, 2.05) is 0 Å². The summed E-state index contributed by atoms with van der Waals surface area (Å²) < 4.78 is 15.1. The van der Waals surface area contributed by atoms with Crippen molar-refractivity contribution >= 4 is 0 Å². The molecule has 24 heavy (non-hydrogen) atoms. The van der Waals surface area contributed by atoms with E-state index in [0.717, 1.165) is 32.3 Å². The van der Waals surface area contributed by atoms with Crippen molar-refractivity contribution in [1.82, 2.24) is 0 Å². The maximum Gasteiger partial charge on any atom is 0.104 e. The van der Waals surface area contributed by atoms with E-state index >= 15 is 0 Å². The zero-order valence-electron chi connectivity index (χ0n) is 16.0. The maximum absolute atomic E-state index is 5.23. The maximum atomic E-state index is 5.23. The minimum atomic E-state index is 0.392. The summed E-state index contributed by atoms with van der Waals surface area (Å²) in [7, 11) is 0. The summed E-state index contributed by atoms with van der Waals surface area (Å²) in [5.74, 6) is 1.11.